The molecule has 3 heteroatoms. The topological polar surface area (TPSA) is 25.2 Å². The summed E-state index contributed by atoms with van der Waals surface area (Å²) in [6.45, 7) is 7.69. The van der Waals surface area contributed by atoms with Crippen molar-refractivity contribution in [1.29, 1.82) is 0 Å². The Bertz CT molecular complexity index is 594. The molecule has 1 aromatic heterocycles. The van der Waals surface area contributed by atoms with Gasteiger partial charge in [-0.3, -0.25) is 4.79 Å². The van der Waals surface area contributed by atoms with Crippen LogP contribution in [0.1, 0.15) is 25.1 Å². The summed E-state index contributed by atoms with van der Waals surface area (Å²) in [6, 6.07) is 8.28. The SMILES string of the molecule is CCN(CC)C(=O)Cc1c(C)n(C)c2ccccc12. The first-order chi connectivity index (χ1) is 9.10. The number of benzene rings is 1. The monoisotopic (exact) mass is 258 g/mol. The standard InChI is InChI=1S/C16H22N2O/c1-5-18(6-2)16(19)11-14-12(3)17(4)15-10-8-7-9-13(14)15/h7-10H,5-6,11H2,1-4H3. The number of para-hydroxylation sites is 1. The van der Waals surface area contributed by atoms with E-state index in [2.05, 4.69) is 30.7 Å². The number of aromatic nitrogens is 1. The molecule has 0 N–H and O–H groups in total. The van der Waals surface area contributed by atoms with Crippen LogP contribution >= 0.6 is 0 Å². The zero-order chi connectivity index (χ0) is 14.0. The van der Waals surface area contributed by atoms with Gasteiger partial charge in [-0.25, -0.2) is 0 Å². The Morgan fingerprint density at radius 1 is 1.21 bits per heavy atom. The minimum absolute atomic E-state index is 0.212. The lowest BCUT2D eigenvalue weighted by atomic mass is 10.1. The molecule has 0 fully saturated rings. The maximum atomic E-state index is 12.3. The van der Waals surface area contributed by atoms with E-state index in [1.807, 2.05) is 30.9 Å². The molecule has 2 rings (SSSR count). The minimum Gasteiger partial charge on any atom is -0.348 e. The highest BCUT2D eigenvalue weighted by atomic mass is 16.2. The molecule has 0 radical (unpaired) electrons. The van der Waals surface area contributed by atoms with Crippen LogP contribution < -0.4 is 0 Å². The summed E-state index contributed by atoms with van der Waals surface area (Å²) in [4.78, 5) is 14.2. The highest BCUT2D eigenvalue weighted by Gasteiger charge is 2.17. The summed E-state index contributed by atoms with van der Waals surface area (Å²) >= 11 is 0. The van der Waals surface area contributed by atoms with E-state index >= 15 is 0 Å². The summed E-state index contributed by atoms with van der Waals surface area (Å²) in [7, 11) is 2.06. The molecule has 1 amide bonds. The summed E-state index contributed by atoms with van der Waals surface area (Å²) in [6.07, 6.45) is 0.495. The number of fused-ring (bicyclic) bond motifs is 1. The first kappa shape index (κ1) is 13.7. The van der Waals surface area contributed by atoms with Crippen molar-refractivity contribution < 1.29 is 4.79 Å². The van der Waals surface area contributed by atoms with Crippen LogP contribution in [0.5, 0.6) is 0 Å². The second-order valence-corrected chi connectivity index (χ2v) is 4.88. The van der Waals surface area contributed by atoms with Crippen LogP contribution in [0.3, 0.4) is 0 Å². The van der Waals surface area contributed by atoms with E-state index in [1.54, 1.807) is 0 Å². The van der Waals surface area contributed by atoms with Crippen LogP contribution in [0.4, 0.5) is 0 Å². The molecule has 0 aliphatic rings. The van der Waals surface area contributed by atoms with E-state index in [-0.39, 0.29) is 5.91 Å². The fourth-order valence-corrected chi connectivity index (χ4v) is 2.66. The van der Waals surface area contributed by atoms with E-state index in [0.717, 1.165) is 18.7 Å². The van der Waals surface area contributed by atoms with Gasteiger partial charge in [0.2, 0.25) is 5.91 Å². The van der Waals surface area contributed by atoms with Crippen molar-refractivity contribution in [2.75, 3.05) is 13.1 Å². The Kier molecular flexibility index (Phi) is 3.93. The lowest BCUT2D eigenvalue weighted by molar-refractivity contribution is -0.130. The lowest BCUT2D eigenvalue weighted by Gasteiger charge is -2.18. The van der Waals surface area contributed by atoms with Gasteiger partial charge < -0.3 is 9.47 Å². The Labute approximate surface area is 114 Å². The van der Waals surface area contributed by atoms with Crippen LogP contribution in [0.15, 0.2) is 24.3 Å². The number of aryl methyl sites for hydroxylation is 1. The quantitative estimate of drug-likeness (QED) is 0.827. The molecule has 0 aliphatic heterocycles. The Balaban J connectivity index is 2.41. The molecule has 0 saturated carbocycles. The number of carbonyl (C=O) groups is 1. The third kappa shape index (κ3) is 2.37. The minimum atomic E-state index is 0.212. The smallest absolute Gasteiger partial charge is 0.227 e. The molecule has 0 atom stereocenters. The molecule has 102 valence electrons. The van der Waals surface area contributed by atoms with E-state index in [9.17, 15) is 4.79 Å². The molecule has 0 bridgehead atoms. The van der Waals surface area contributed by atoms with Gasteiger partial charge in [0.25, 0.3) is 0 Å². The van der Waals surface area contributed by atoms with Crippen molar-refractivity contribution in [3.63, 3.8) is 0 Å². The average molecular weight is 258 g/mol. The van der Waals surface area contributed by atoms with Gasteiger partial charge in [0, 0.05) is 36.7 Å². The van der Waals surface area contributed by atoms with E-state index < -0.39 is 0 Å². The second kappa shape index (κ2) is 5.47. The fraction of sp³-hybridized carbons (Fsp3) is 0.438. The Hall–Kier alpha value is -1.77. The number of carbonyl (C=O) groups excluding carboxylic acids is 1. The van der Waals surface area contributed by atoms with Gasteiger partial charge >= 0.3 is 0 Å². The number of amides is 1. The molecular formula is C16H22N2O. The van der Waals surface area contributed by atoms with E-state index in [0.29, 0.717) is 6.42 Å². The predicted molar refractivity (Wildman–Crippen MR) is 79.3 cm³/mol. The average Bonchev–Trinajstić information content (AvgIpc) is 2.66. The van der Waals surface area contributed by atoms with Gasteiger partial charge in [0.1, 0.15) is 0 Å². The van der Waals surface area contributed by atoms with E-state index in [1.165, 1.54) is 16.6 Å². The van der Waals surface area contributed by atoms with Crippen LogP contribution in [0.2, 0.25) is 0 Å². The highest BCUT2D eigenvalue weighted by Crippen LogP contribution is 2.25. The number of rotatable bonds is 4. The first-order valence-corrected chi connectivity index (χ1v) is 6.90. The summed E-state index contributed by atoms with van der Waals surface area (Å²) in [5.41, 5.74) is 3.54. The molecule has 0 unspecified atom stereocenters. The zero-order valence-corrected chi connectivity index (χ0v) is 12.2. The second-order valence-electron chi connectivity index (χ2n) is 4.88. The maximum Gasteiger partial charge on any atom is 0.227 e. The molecule has 3 nitrogen and oxygen atoms in total. The normalized spacial score (nSPS) is 10.9. The van der Waals surface area contributed by atoms with Crippen LogP contribution in [-0.2, 0) is 18.3 Å². The van der Waals surface area contributed by atoms with Crippen LogP contribution in [-0.4, -0.2) is 28.5 Å². The number of likely N-dealkylation sites (N-methyl/N-ethyl adjacent to an activating group) is 1. The van der Waals surface area contributed by atoms with Crippen molar-refractivity contribution in [1.82, 2.24) is 9.47 Å². The molecule has 0 aliphatic carbocycles. The van der Waals surface area contributed by atoms with Crippen molar-refractivity contribution in [3.05, 3.63) is 35.5 Å². The van der Waals surface area contributed by atoms with Crippen molar-refractivity contribution in [2.45, 2.75) is 27.2 Å². The van der Waals surface area contributed by atoms with Gasteiger partial charge in [0.05, 0.1) is 6.42 Å². The number of nitrogens with zero attached hydrogens (tertiary/aromatic N) is 2. The molecule has 0 spiro atoms. The third-order valence-electron chi connectivity index (χ3n) is 3.97. The zero-order valence-electron chi connectivity index (χ0n) is 12.2. The summed E-state index contributed by atoms with van der Waals surface area (Å²) in [5, 5.41) is 1.20. The van der Waals surface area contributed by atoms with Crippen molar-refractivity contribution in [2.24, 2.45) is 7.05 Å². The third-order valence-corrected chi connectivity index (χ3v) is 3.97. The highest BCUT2D eigenvalue weighted by molar-refractivity contribution is 5.90. The van der Waals surface area contributed by atoms with Crippen molar-refractivity contribution in [3.8, 4) is 0 Å². The lowest BCUT2D eigenvalue weighted by Crippen LogP contribution is -2.31. The van der Waals surface area contributed by atoms with Crippen molar-refractivity contribution >= 4 is 16.8 Å². The number of hydrogen-bond donors (Lipinski definition) is 0. The molecule has 0 saturated heterocycles. The molecule has 2 aromatic rings. The fourth-order valence-electron chi connectivity index (χ4n) is 2.66. The van der Waals surface area contributed by atoms with Gasteiger partial charge in [-0.05, 0) is 32.4 Å². The summed E-state index contributed by atoms with van der Waals surface area (Å²) in [5.74, 6) is 0.212. The molecule has 1 aromatic carbocycles. The molecule has 19 heavy (non-hydrogen) atoms. The Morgan fingerprint density at radius 3 is 2.47 bits per heavy atom. The van der Waals surface area contributed by atoms with Gasteiger partial charge in [-0.1, -0.05) is 18.2 Å². The largest absolute Gasteiger partial charge is 0.348 e. The van der Waals surface area contributed by atoms with Gasteiger partial charge in [0.15, 0.2) is 0 Å². The summed E-state index contributed by atoms with van der Waals surface area (Å²) < 4.78 is 2.17. The van der Waals surface area contributed by atoms with Gasteiger partial charge in [-0.2, -0.15) is 0 Å². The first-order valence-electron chi connectivity index (χ1n) is 6.90. The van der Waals surface area contributed by atoms with E-state index in [4.69, 9.17) is 0 Å². The van der Waals surface area contributed by atoms with Crippen LogP contribution in [0.25, 0.3) is 10.9 Å². The number of hydrogen-bond acceptors (Lipinski definition) is 1. The predicted octanol–water partition coefficient (Wildman–Crippen LogP) is 2.90. The Morgan fingerprint density at radius 2 is 1.84 bits per heavy atom. The maximum absolute atomic E-state index is 12.3. The molecular weight excluding hydrogens is 236 g/mol. The molecule has 1 heterocycles. The van der Waals surface area contributed by atoms with Crippen LogP contribution in [0, 0.1) is 6.92 Å². The van der Waals surface area contributed by atoms with Gasteiger partial charge in [-0.15, -0.1) is 0 Å².